The molecule has 0 saturated carbocycles. The third kappa shape index (κ3) is 3.51. The Morgan fingerprint density at radius 1 is 1.22 bits per heavy atom. The fourth-order valence-electron chi connectivity index (χ4n) is 0.283. The SMILES string of the molecule is O=S1(=O)OCCOO1.[Na]. The van der Waals surface area contributed by atoms with Crippen LogP contribution in [0.5, 0.6) is 0 Å². The Hall–Kier alpha value is 0.830. The smallest absolute Gasteiger partial charge is 0.244 e. The van der Waals surface area contributed by atoms with E-state index in [9.17, 15) is 8.42 Å². The first-order valence-electron chi connectivity index (χ1n) is 1.91. The van der Waals surface area contributed by atoms with Crippen LogP contribution in [0.25, 0.3) is 0 Å². The van der Waals surface area contributed by atoms with Gasteiger partial charge >= 0.3 is 10.4 Å². The van der Waals surface area contributed by atoms with E-state index in [1.54, 1.807) is 0 Å². The predicted molar refractivity (Wildman–Crippen MR) is 27.7 cm³/mol. The zero-order chi connectivity index (χ0) is 6.04. The van der Waals surface area contributed by atoms with Gasteiger partial charge in [-0.1, -0.05) is 4.33 Å². The molecular formula is C2H4NaO5S. The van der Waals surface area contributed by atoms with Gasteiger partial charge in [0.1, 0.15) is 6.61 Å². The summed E-state index contributed by atoms with van der Waals surface area (Å²) in [4.78, 5) is 4.07. The molecule has 1 heterocycles. The molecule has 0 spiro atoms. The summed E-state index contributed by atoms with van der Waals surface area (Å²) in [6, 6.07) is 0. The molecular weight excluding hydrogens is 159 g/mol. The van der Waals surface area contributed by atoms with E-state index < -0.39 is 10.4 Å². The molecule has 0 atom stereocenters. The van der Waals surface area contributed by atoms with E-state index in [-0.39, 0.29) is 42.8 Å². The standard InChI is InChI=1S/C2H4O5S.Na/c3-8(4)6-2-1-5-7-8;/h1-2H2;. The Balaban J connectivity index is 0.000000640. The van der Waals surface area contributed by atoms with E-state index in [0.29, 0.717) is 0 Å². The molecule has 7 heteroatoms. The Bertz CT molecular complexity index is 150. The molecule has 0 N–H and O–H groups in total. The van der Waals surface area contributed by atoms with Crippen LogP contribution in [0.2, 0.25) is 0 Å². The van der Waals surface area contributed by atoms with Crippen LogP contribution in [-0.2, 0) is 23.8 Å². The van der Waals surface area contributed by atoms with Gasteiger partial charge in [-0.2, -0.15) is 8.42 Å². The van der Waals surface area contributed by atoms with E-state index in [0.717, 1.165) is 0 Å². The second kappa shape index (κ2) is 3.87. The maximum atomic E-state index is 10.1. The molecule has 49 valence electrons. The van der Waals surface area contributed by atoms with Crippen LogP contribution in [0.3, 0.4) is 0 Å². The maximum Gasteiger partial charge on any atom is 0.426 e. The second-order valence-corrected chi connectivity index (χ2v) is 2.31. The van der Waals surface area contributed by atoms with Crippen LogP contribution in [0.1, 0.15) is 0 Å². The Morgan fingerprint density at radius 3 is 2.11 bits per heavy atom. The number of hydrogen-bond acceptors (Lipinski definition) is 5. The molecule has 9 heavy (non-hydrogen) atoms. The van der Waals surface area contributed by atoms with E-state index in [1.807, 2.05) is 0 Å². The average molecular weight is 163 g/mol. The molecule has 0 amide bonds. The molecule has 0 aliphatic carbocycles. The molecule has 5 nitrogen and oxygen atoms in total. The molecule has 1 aliphatic rings. The quantitative estimate of drug-likeness (QED) is 0.332. The van der Waals surface area contributed by atoms with Crippen LogP contribution in [0, 0.1) is 0 Å². The van der Waals surface area contributed by atoms with Crippen molar-refractivity contribution in [2.45, 2.75) is 0 Å². The van der Waals surface area contributed by atoms with Gasteiger partial charge < -0.3 is 0 Å². The molecule has 1 fully saturated rings. The Kier molecular flexibility index (Phi) is 4.22. The van der Waals surface area contributed by atoms with Crippen LogP contribution in [0.4, 0.5) is 0 Å². The summed E-state index contributed by atoms with van der Waals surface area (Å²) in [5.41, 5.74) is 0. The summed E-state index contributed by atoms with van der Waals surface area (Å²) in [5.74, 6) is 0. The van der Waals surface area contributed by atoms with Gasteiger partial charge in [-0.05, 0) is 0 Å². The normalized spacial score (nSPS) is 24.4. The van der Waals surface area contributed by atoms with Crippen LogP contribution < -0.4 is 0 Å². The fraction of sp³-hybridized carbons (Fsp3) is 1.00. The summed E-state index contributed by atoms with van der Waals surface area (Å²) >= 11 is 0. The van der Waals surface area contributed by atoms with E-state index in [2.05, 4.69) is 13.4 Å². The zero-order valence-corrected chi connectivity index (χ0v) is 7.68. The minimum Gasteiger partial charge on any atom is -0.244 e. The number of hydrogen-bond donors (Lipinski definition) is 0. The third-order valence-electron chi connectivity index (χ3n) is 0.526. The Labute approximate surface area is 74.8 Å². The van der Waals surface area contributed by atoms with Crippen molar-refractivity contribution in [2.75, 3.05) is 13.2 Å². The molecule has 1 radical (unpaired) electrons. The van der Waals surface area contributed by atoms with Crippen molar-refractivity contribution in [1.82, 2.24) is 0 Å². The minimum absolute atomic E-state index is 0. The van der Waals surface area contributed by atoms with Gasteiger partial charge in [-0.3, -0.25) is 0 Å². The molecule has 0 aromatic heterocycles. The van der Waals surface area contributed by atoms with E-state index >= 15 is 0 Å². The van der Waals surface area contributed by atoms with Gasteiger partial charge in [0, 0.05) is 29.6 Å². The molecule has 1 aliphatic heterocycles. The molecule has 1 rings (SSSR count). The van der Waals surface area contributed by atoms with Crippen molar-refractivity contribution in [2.24, 2.45) is 0 Å². The summed E-state index contributed by atoms with van der Waals surface area (Å²) < 4.78 is 28.0. The summed E-state index contributed by atoms with van der Waals surface area (Å²) in [7, 11) is -3.80. The van der Waals surface area contributed by atoms with Crippen molar-refractivity contribution < 1.29 is 21.8 Å². The maximum absolute atomic E-state index is 10.1. The van der Waals surface area contributed by atoms with Crippen LogP contribution in [-0.4, -0.2) is 51.2 Å². The van der Waals surface area contributed by atoms with Gasteiger partial charge in [-0.25, -0.2) is 9.07 Å². The predicted octanol–water partition coefficient (Wildman–Crippen LogP) is -1.17. The fourth-order valence-corrected chi connectivity index (χ4v) is 0.780. The second-order valence-electron chi connectivity index (χ2n) is 1.12. The Morgan fingerprint density at radius 2 is 1.89 bits per heavy atom. The van der Waals surface area contributed by atoms with Gasteiger partial charge in [0.15, 0.2) is 0 Å². The van der Waals surface area contributed by atoms with Crippen molar-refractivity contribution in [3.8, 4) is 0 Å². The first-order chi connectivity index (χ1) is 3.71. The molecule has 0 aromatic carbocycles. The van der Waals surface area contributed by atoms with Gasteiger partial charge in [0.25, 0.3) is 0 Å². The van der Waals surface area contributed by atoms with Crippen molar-refractivity contribution >= 4 is 40.0 Å². The zero-order valence-electron chi connectivity index (χ0n) is 4.86. The van der Waals surface area contributed by atoms with Gasteiger partial charge in [0.05, 0.1) is 6.61 Å². The summed E-state index contributed by atoms with van der Waals surface area (Å²) in [6.45, 7) is 0.182. The molecule has 0 aromatic rings. The van der Waals surface area contributed by atoms with Gasteiger partial charge in [-0.15, -0.1) is 0 Å². The van der Waals surface area contributed by atoms with E-state index in [1.165, 1.54) is 0 Å². The molecule has 0 bridgehead atoms. The summed E-state index contributed by atoms with van der Waals surface area (Å²) in [5, 5.41) is 0. The summed E-state index contributed by atoms with van der Waals surface area (Å²) in [6.07, 6.45) is 0. The monoisotopic (exact) mass is 163 g/mol. The number of rotatable bonds is 0. The van der Waals surface area contributed by atoms with E-state index in [4.69, 9.17) is 0 Å². The first kappa shape index (κ1) is 9.83. The van der Waals surface area contributed by atoms with Gasteiger partial charge in [0.2, 0.25) is 0 Å². The largest absolute Gasteiger partial charge is 0.426 e. The third-order valence-corrected chi connectivity index (χ3v) is 1.24. The molecule has 1 saturated heterocycles. The van der Waals surface area contributed by atoms with Crippen molar-refractivity contribution in [1.29, 1.82) is 0 Å². The van der Waals surface area contributed by atoms with Crippen LogP contribution >= 0.6 is 0 Å². The minimum atomic E-state index is -3.80. The van der Waals surface area contributed by atoms with Crippen molar-refractivity contribution in [3.05, 3.63) is 0 Å². The first-order valence-corrected chi connectivity index (χ1v) is 3.24. The molecule has 0 unspecified atom stereocenters. The van der Waals surface area contributed by atoms with Crippen molar-refractivity contribution in [3.63, 3.8) is 0 Å². The topological polar surface area (TPSA) is 61.8 Å². The van der Waals surface area contributed by atoms with Crippen LogP contribution in [0.15, 0.2) is 0 Å². The average Bonchev–Trinajstić information content (AvgIpc) is 1.65.